The first-order valence-corrected chi connectivity index (χ1v) is 8.96. The number of sulfone groups is 1. The van der Waals surface area contributed by atoms with Crippen molar-refractivity contribution in [1.29, 1.82) is 0 Å². The van der Waals surface area contributed by atoms with E-state index in [1.165, 1.54) is 0 Å². The number of carbonyl (C=O) groups is 1. The molecule has 1 amide bonds. The molecule has 1 N–H and O–H groups in total. The molecule has 1 aromatic heterocycles. The molecule has 2 heterocycles. The van der Waals surface area contributed by atoms with Crippen molar-refractivity contribution >= 4 is 15.7 Å². The maximum absolute atomic E-state index is 12.5. The lowest BCUT2D eigenvalue weighted by molar-refractivity contribution is 0.0738. The summed E-state index contributed by atoms with van der Waals surface area (Å²) in [5, 5.41) is 0. The van der Waals surface area contributed by atoms with Crippen molar-refractivity contribution in [1.82, 2.24) is 9.88 Å². The van der Waals surface area contributed by atoms with Crippen LogP contribution < -0.4 is 0 Å². The van der Waals surface area contributed by atoms with Crippen molar-refractivity contribution in [3.8, 4) is 0 Å². The number of hydrogen-bond donors (Lipinski definition) is 1. The first kappa shape index (κ1) is 16.1. The second-order valence-corrected chi connectivity index (χ2v) is 9.57. The highest BCUT2D eigenvalue weighted by atomic mass is 32.2. The van der Waals surface area contributed by atoms with Gasteiger partial charge in [0.2, 0.25) is 0 Å². The number of nitrogens with zero attached hydrogens (tertiary/aromatic N) is 1. The van der Waals surface area contributed by atoms with Crippen molar-refractivity contribution < 1.29 is 13.2 Å². The van der Waals surface area contributed by atoms with Crippen molar-refractivity contribution in [3.05, 3.63) is 23.5 Å². The zero-order valence-electron chi connectivity index (χ0n) is 13.1. The third-order valence-electron chi connectivity index (χ3n) is 3.95. The van der Waals surface area contributed by atoms with E-state index in [0.29, 0.717) is 11.6 Å². The monoisotopic (exact) mass is 312 g/mol. The molecule has 0 aromatic carbocycles. The number of rotatable bonds is 3. The third kappa shape index (κ3) is 3.31. The summed E-state index contributed by atoms with van der Waals surface area (Å²) in [6.07, 6.45) is 2.78. The number of amides is 1. The van der Waals surface area contributed by atoms with Gasteiger partial charge in [-0.15, -0.1) is 0 Å². The minimum Gasteiger partial charge on any atom is -0.357 e. The van der Waals surface area contributed by atoms with Crippen molar-refractivity contribution in [2.75, 3.05) is 18.8 Å². The Bertz CT molecular complexity index is 629. The molecule has 5 nitrogen and oxygen atoms in total. The highest BCUT2D eigenvalue weighted by Crippen LogP contribution is 2.25. The van der Waals surface area contributed by atoms with Crippen molar-refractivity contribution in [2.24, 2.45) is 5.92 Å². The number of H-pyrrole nitrogens is 1. The molecule has 0 unspecified atom stereocenters. The number of carbonyl (C=O) groups excluding carboxylic acids is 1. The van der Waals surface area contributed by atoms with Gasteiger partial charge in [-0.1, -0.05) is 13.8 Å². The minimum absolute atomic E-state index is 0.0330. The summed E-state index contributed by atoms with van der Waals surface area (Å²) in [7, 11) is -3.12. The SMILES string of the molecule is CC(C)Cc1c[nH]c(C(=O)N2CCS(=O)(=O)C(C)(C)C2)c1. The Hall–Kier alpha value is -1.30. The first-order chi connectivity index (χ1) is 9.62. The summed E-state index contributed by atoms with van der Waals surface area (Å²) in [6.45, 7) is 8.14. The molecular weight excluding hydrogens is 288 g/mol. The average molecular weight is 312 g/mol. The van der Waals surface area contributed by atoms with E-state index in [1.807, 2.05) is 12.3 Å². The lowest BCUT2D eigenvalue weighted by Crippen LogP contribution is -2.54. The number of hydrogen-bond acceptors (Lipinski definition) is 3. The largest absolute Gasteiger partial charge is 0.357 e. The molecule has 2 rings (SSSR count). The summed E-state index contributed by atoms with van der Waals surface area (Å²) in [4.78, 5) is 17.1. The second-order valence-electron chi connectivity index (χ2n) is 6.82. The molecule has 1 aliphatic heterocycles. The van der Waals surface area contributed by atoms with Gasteiger partial charge in [0.25, 0.3) is 5.91 Å². The second kappa shape index (κ2) is 5.48. The number of aromatic nitrogens is 1. The predicted molar refractivity (Wildman–Crippen MR) is 83.1 cm³/mol. The summed E-state index contributed by atoms with van der Waals surface area (Å²) >= 11 is 0. The maximum atomic E-state index is 12.5. The molecule has 0 aliphatic carbocycles. The van der Waals surface area contributed by atoms with Gasteiger partial charge in [-0.2, -0.15) is 0 Å². The van der Waals surface area contributed by atoms with E-state index in [4.69, 9.17) is 0 Å². The Morgan fingerprint density at radius 2 is 2.10 bits per heavy atom. The van der Waals surface area contributed by atoms with Crippen LogP contribution in [0.3, 0.4) is 0 Å². The highest BCUT2D eigenvalue weighted by Gasteiger charge is 2.41. The van der Waals surface area contributed by atoms with E-state index < -0.39 is 14.6 Å². The van der Waals surface area contributed by atoms with Crippen LogP contribution in [0.2, 0.25) is 0 Å². The molecule has 0 atom stereocenters. The number of nitrogens with one attached hydrogen (secondary N) is 1. The molecule has 1 aromatic rings. The fraction of sp³-hybridized carbons (Fsp3) is 0.667. The zero-order valence-corrected chi connectivity index (χ0v) is 14.0. The zero-order chi connectivity index (χ0) is 15.8. The fourth-order valence-electron chi connectivity index (χ4n) is 2.64. The smallest absolute Gasteiger partial charge is 0.270 e. The summed E-state index contributed by atoms with van der Waals surface area (Å²) in [5.41, 5.74) is 1.65. The van der Waals surface area contributed by atoms with Gasteiger partial charge in [0.05, 0.1) is 10.5 Å². The van der Waals surface area contributed by atoms with Gasteiger partial charge in [-0.3, -0.25) is 4.79 Å². The quantitative estimate of drug-likeness (QED) is 0.926. The van der Waals surface area contributed by atoms with Gasteiger partial charge in [0.1, 0.15) is 5.69 Å². The Morgan fingerprint density at radius 3 is 2.67 bits per heavy atom. The van der Waals surface area contributed by atoms with Gasteiger partial charge >= 0.3 is 0 Å². The molecule has 1 aliphatic rings. The Labute approximate surface area is 126 Å². The molecule has 6 heteroatoms. The van der Waals surface area contributed by atoms with E-state index in [9.17, 15) is 13.2 Å². The molecule has 0 saturated carbocycles. The Balaban J connectivity index is 2.12. The highest BCUT2D eigenvalue weighted by molar-refractivity contribution is 7.92. The van der Waals surface area contributed by atoms with Gasteiger partial charge in [0, 0.05) is 19.3 Å². The third-order valence-corrected chi connectivity index (χ3v) is 6.48. The van der Waals surface area contributed by atoms with Crippen molar-refractivity contribution in [3.63, 3.8) is 0 Å². The first-order valence-electron chi connectivity index (χ1n) is 7.31. The topological polar surface area (TPSA) is 70.2 Å². The van der Waals surface area contributed by atoms with Gasteiger partial charge in [-0.25, -0.2) is 8.42 Å². The van der Waals surface area contributed by atoms with Crippen LogP contribution >= 0.6 is 0 Å². The van der Waals surface area contributed by atoms with E-state index in [2.05, 4.69) is 18.8 Å². The lowest BCUT2D eigenvalue weighted by Gasteiger charge is -2.37. The Morgan fingerprint density at radius 1 is 1.43 bits per heavy atom. The Kier molecular flexibility index (Phi) is 4.19. The van der Waals surface area contributed by atoms with Crippen LogP contribution in [-0.2, 0) is 16.3 Å². The molecule has 1 saturated heterocycles. The maximum Gasteiger partial charge on any atom is 0.270 e. The summed E-state index contributed by atoms with van der Waals surface area (Å²) in [5.74, 6) is 0.446. The average Bonchev–Trinajstić information content (AvgIpc) is 2.79. The molecule has 0 spiro atoms. The van der Waals surface area contributed by atoms with Crippen LogP contribution in [0.4, 0.5) is 0 Å². The van der Waals surface area contributed by atoms with E-state index in [0.717, 1.165) is 12.0 Å². The molecule has 118 valence electrons. The molecular formula is C15H24N2O3S. The van der Waals surface area contributed by atoms with Crippen LogP contribution in [0.1, 0.15) is 43.7 Å². The van der Waals surface area contributed by atoms with Crippen LogP contribution in [-0.4, -0.2) is 47.8 Å². The van der Waals surface area contributed by atoms with Crippen LogP contribution in [0, 0.1) is 5.92 Å². The van der Waals surface area contributed by atoms with Gasteiger partial charge < -0.3 is 9.88 Å². The standard InChI is InChI=1S/C15H24N2O3S/c1-11(2)7-12-8-13(16-9-12)14(18)17-5-6-21(19,20)15(3,4)10-17/h8-9,11,16H,5-7,10H2,1-4H3. The molecule has 1 fully saturated rings. The van der Waals surface area contributed by atoms with Crippen molar-refractivity contribution in [2.45, 2.75) is 38.9 Å². The fourth-order valence-corrected chi connectivity index (χ4v) is 4.01. The van der Waals surface area contributed by atoms with E-state index >= 15 is 0 Å². The molecule has 0 bridgehead atoms. The van der Waals surface area contributed by atoms with Crippen LogP contribution in [0.15, 0.2) is 12.3 Å². The summed E-state index contributed by atoms with van der Waals surface area (Å²) < 4.78 is 23.1. The molecule has 0 radical (unpaired) electrons. The van der Waals surface area contributed by atoms with E-state index in [-0.39, 0.29) is 24.7 Å². The minimum atomic E-state index is -3.12. The van der Waals surface area contributed by atoms with Crippen LogP contribution in [0.5, 0.6) is 0 Å². The van der Waals surface area contributed by atoms with Gasteiger partial charge in [0.15, 0.2) is 9.84 Å². The van der Waals surface area contributed by atoms with Gasteiger partial charge in [-0.05, 0) is 37.8 Å². The van der Waals surface area contributed by atoms with E-state index in [1.54, 1.807) is 18.7 Å². The normalized spacial score (nSPS) is 20.7. The number of aromatic amines is 1. The van der Waals surface area contributed by atoms with Crippen LogP contribution in [0.25, 0.3) is 0 Å². The predicted octanol–water partition coefficient (Wildman–Crippen LogP) is 1.86. The summed E-state index contributed by atoms with van der Waals surface area (Å²) in [6, 6.07) is 1.87. The molecule has 21 heavy (non-hydrogen) atoms. The lowest BCUT2D eigenvalue weighted by atomic mass is 10.1.